The van der Waals surface area contributed by atoms with E-state index < -0.39 is 10.0 Å². The molecule has 2 amide bonds. The Morgan fingerprint density at radius 2 is 1.70 bits per heavy atom. The number of piperidine rings is 2. The lowest BCUT2D eigenvalue weighted by Crippen LogP contribution is -2.68. The lowest BCUT2D eigenvalue weighted by atomic mass is 9.64. The molecule has 1 aliphatic carbocycles. The molecule has 0 spiro atoms. The fraction of sp³-hybridized carbons (Fsp3) is 0.486. The van der Waals surface area contributed by atoms with E-state index in [1.54, 1.807) is 18.2 Å². The van der Waals surface area contributed by atoms with Crippen LogP contribution in [0, 0.1) is 31.1 Å². The molecule has 2 saturated heterocycles. The van der Waals surface area contributed by atoms with Crippen molar-refractivity contribution in [3.8, 4) is 17.1 Å². The number of sulfonamides is 1. The van der Waals surface area contributed by atoms with E-state index in [9.17, 15) is 18.0 Å². The monoisotopic (exact) mass is 645 g/mol. The lowest BCUT2D eigenvalue weighted by molar-refractivity contribution is -0.144. The molecule has 4 aliphatic rings. The first-order valence-corrected chi connectivity index (χ1v) is 17.5. The number of anilines is 1. The molecule has 1 saturated carbocycles. The van der Waals surface area contributed by atoms with Gasteiger partial charge >= 0.3 is 0 Å². The Balaban J connectivity index is 1.48. The van der Waals surface area contributed by atoms with Crippen LogP contribution in [0.4, 0.5) is 5.95 Å². The average Bonchev–Trinajstić information content (AvgIpc) is 3.00. The van der Waals surface area contributed by atoms with Crippen molar-refractivity contribution in [2.75, 3.05) is 24.4 Å². The third-order valence-electron chi connectivity index (χ3n) is 9.41. The van der Waals surface area contributed by atoms with Gasteiger partial charge in [-0.05, 0) is 73.3 Å². The van der Waals surface area contributed by atoms with Crippen LogP contribution >= 0.6 is 0 Å². The third kappa shape index (κ3) is 6.21. The summed E-state index contributed by atoms with van der Waals surface area (Å²) in [6.45, 7) is 13.6. The molecule has 4 heterocycles. The molecule has 4 atom stereocenters. The van der Waals surface area contributed by atoms with Gasteiger partial charge in [-0.2, -0.15) is 4.98 Å². The average molecular weight is 646 g/mol. The van der Waals surface area contributed by atoms with Gasteiger partial charge in [0.15, 0.2) is 0 Å². The van der Waals surface area contributed by atoms with Crippen LogP contribution in [0.1, 0.15) is 68.4 Å². The first kappa shape index (κ1) is 32.0. The van der Waals surface area contributed by atoms with Crippen molar-refractivity contribution in [1.29, 1.82) is 0 Å². The van der Waals surface area contributed by atoms with Crippen LogP contribution in [0.25, 0.3) is 11.3 Å². The van der Waals surface area contributed by atoms with Gasteiger partial charge in [0.2, 0.25) is 17.7 Å². The van der Waals surface area contributed by atoms with Gasteiger partial charge in [-0.1, -0.05) is 52.0 Å². The standard InChI is InChI=1S/C35H43N5O5S/c1-7-30(41)39-18-24-14-25(19-39)32(24)40-26(17-35(4,5)6)20-45-29-16-28(31-21(2)10-8-11-22(31)3)36-34(37-29)38-46(43,44)27-13-9-12-23(15-27)33(40)42/h8-13,15-16,24-26,32H,7,14,17-20H2,1-6H3,(H,36,37,38)/t24-,25+,26-,32?/m1/s1. The Bertz CT molecular complexity index is 1750. The smallest absolute Gasteiger partial charge is 0.264 e. The summed E-state index contributed by atoms with van der Waals surface area (Å²) in [5.74, 6) is 0.264. The summed E-state index contributed by atoms with van der Waals surface area (Å²) in [6, 6.07) is 13.4. The molecule has 10 nitrogen and oxygen atoms in total. The Morgan fingerprint density at radius 1 is 1.02 bits per heavy atom. The fourth-order valence-electron chi connectivity index (χ4n) is 7.43. The number of aromatic nitrogens is 2. The molecule has 3 aromatic rings. The molecule has 6 bridgehead atoms. The van der Waals surface area contributed by atoms with Gasteiger partial charge < -0.3 is 14.5 Å². The molecule has 3 fully saturated rings. The van der Waals surface area contributed by atoms with Crippen molar-refractivity contribution in [2.45, 2.75) is 77.8 Å². The minimum absolute atomic E-state index is 0.0537. The fourth-order valence-corrected chi connectivity index (χ4v) is 8.42. The van der Waals surface area contributed by atoms with Crippen LogP contribution in [-0.2, 0) is 14.8 Å². The van der Waals surface area contributed by atoms with Gasteiger partial charge in [-0.3, -0.25) is 9.59 Å². The van der Waals surface area contributed by atoms with Crippen molar-refractivity contribution in [1.82, 2.24) is 19.8 Å². The van der Waals surface area contributed by atoms with E-state index in [0.717, 1.165) is 23.1 Å². The quantitative estimate of drug-likeness (QED) is 0.400. The molecule has 1 aromatic heterocycles. The highest BCUT2D eigenvalue weighted by Gasteiger charge is 2.53. The van der Waals surface area contributed by atoms with Gasteiger partial charge in [0.25, 0.3) is 15.9 Å². The van der Waals surface area contributed by atoms with Crippen molar-refractivity contribution < 1.29 is 22.7 Å². The lowest BCUT2D eigenvalue weighted by Gasteiger charge is -2.58. The second-order valence-corrected chi connectivity index (χ2v) is 15.8. The number of nitrogens with zero attached hydrogens (tertiary/aromatic N) is 4. The Morgan fingerprint density at radius 3 is 2.35 bits per heavy atom. The number of nitrogens with one attached hydrogen (secondary N) is 1. The summed E-state index contributed by atoms with van der Waals surface area (Å²) in [5, 5.41) is 0. The second kappa shape index (κ2) is 12.0. The molecule has 11 heteroatoms. The Hall–Kier alpha value is -3.99. The Kier molecular flexibility index (Phi) is 8.33. The topological polar surface area (TPSA) is 122 Å². The normalized spacial score (nSPS) is 24.0. The van der Waals surface area contributed by atoms with Crippen molar-refractivity contribution in [2.24, 2.45) is 17.3 Å². The zero-order chi connectivity index (χ0) is 33.0. The van der Waals surface area contributed by atoms with Crippen LogP contribution in [0.15, 0.2) is 53.4 Å². The third-order valence-corrected chi connectivity index (χ3v) is 10.7. The maximum Gasteiger partial charge on any atom is 0.264 e. The predicted molar refractivity (Wildman–Crippen MR) is 176 cm³/mol. The van der Waals surface area contributed by atoms with Crippen molar-refractivity contribution >= 4 is 27.8 Å². The Labute approximate surface area is 271 Å². The number of hydrogen-bond acceptors (Lipinski definition) is 7. The van der Waals surface area contributed by atoms with E-state index in [-0.39, 0.29) is 70.0 Å². The number of carbonyl (C=O) groups is 2. The van der Waals surface area contributed by atoms with Crippen LogP contribution in [0.3, 0.4) is 0 Å². The summed E-state index contributed by atoms with van der Waals surface area (Å²) < 4.78 is 36.4. The maximum atomic E-state index is 14.6. The minimum atomic E-state index is -4.15. The van der Waals surface area contributed by atoms with Gasteiger partial charge in [0, 0.05) is 42.7 Å². The second-order valence-electron chi connectivity index (χ2n) is 14.2. The zero-order valence-electron chi connectivity index (χ0n) is 27.4. The number of carbonyl (C=O) groups excluding carboxylic acids is 2. The molecule has 2 aromatic carbocycles. The van der Waals surface area contributed by atoms with Crippen LogP contribution in [0.5, 0.6) is 5.88 Å². The van der Waals surface area contributed by atoms with Gasteiger partial charge in [-0.25, -0.2) is 18.1 Å². The number of benzene rings is 2. The van der Waals surface area contributed by atoms with Crippen molar-refractivity contribution in [3.63, 3.8) is 0 Å². The van der Waals surface area contributed by atoms with Crippen LogP contribution in [0.2, 0.25) is 0 Å². The van der Waals surface area contributed by atoms with Crippen LogP contribution in [-0.4, -0.2) is 71.8 Å². The molecule has 1 unspecified atom stereocenters. The van der Waals surface area contributed by atoms with Crippen molar-refractivity contribution in [3.05, 3.63) is 65.2 Å². The summed E-state index contributed by atoms with van der Waals surface area (Å²) in [6.07, 6.45) is 2.04. The molecule has 1 N–H and O–H groups in total. The number of fused-ring (bicyclic) bond motifs is 6. The highest BCUT2D eigenvalue weighted by molar-refractivity contribution is 7.92. The predicted octanol–water partition coefficient (Wildman–Crippen LogP) is 5.46. The number of aryl methyl sites for hydroxylation is 2. The number of amides is 2. The molecule has 3 aliphatic heterocycles. The molecule has 0 radical (unpaired) electrons. The first-order chi connectivity index (χ1) is 21.7. The molecular formula is C35H43N5O5S. The highest BCUT2D eigenvalue weighted by atomic mass is 32.2. The van der Waals surface area contributed by atoms with E-state index >= 15 is 0 Å². The largest absolute Gasteiger partial charge is 0.475 e. The summed E-state index contributed by atoms with van der Waals surface area (Å²) >= 11 is 0. The van der Waals surface area contributed by atoms with E-state index in [1.807, 2.05) is 48.8 Å². The van der Waals surface area contributed by atoms with E-state index in [4.69, 9.17) is 4.74 Å². The van der Waals surface area contributed by atoms with E-state index in [0.29, 0.717) is 31.6 Å². The van der Waals surface area contributed by atoms with Gasteiger partial charge in [-0.15, -0.1) is 0 Å². The summed E-state index contributed by atoms with van der Waals surface area (Å²) in [4.78, 5) is 40.1. The summed E-state index contributed by atoms with van der Waals surface area (Å²) in [7, 11) is -4.15. The SMILES string of the molecule is CCC(=O)N1C[C@H]2C[C@@H](C1)C2N1C(=O)c2cccc(c2)S(=O)(=O)Nc2nc(cc(-c3c(C)cccc3C)n2)OC[C@H]1CC(C)(C)C. The van der Waals surface area contributed by atoms with E-state index in [1.165, 1.54) is 12.1 Å². The first-order valence-electron chi connectivity index (χ1n) is 16.1. The minimum Gasteiger partial charge on any atom is -0.475 e. The number of rotatable bonds is 4. The van der Waals surface area contributed by atoms with Gasteiger partial charge in [0.05, 0.1) is 16.6 Å². The van der Waals surface area contributed by atoms with Crippen LogP contribution < -0.4 is 9.46 Å². The molecule has 244 valence electrons. The number of ether oxygens (including phenoxy) is 1. The highest BCUT2D eigenvalue weighted by Crippen LogP contribution is 2.46. The number of hydrogen-bond donors (Lipinski definition) is 1. The van der Waals surface area contributed by atoms with Gasteiger partial charge in [0.1, 0.15) is 6.61 Å². The van der Waals surface area contributed by atoms with E-state index in [2.05, 4.69) is 35.5 Å². The molecule has 7 rings (SSSR count). The molecule has 46 heavy (non-hydrogen) atoms. The maximum absolute atomic E-state index is 14.6. The molecular weight excluding hydrogens is 602 g/mol. The zero-order valence-corrected chi connectivity index (χ0v) is 28.2. The summed E-state index contributed by atoms with van der Waals surface area (Å²) in [5.41, 5.74) is 3.51.